The summed E-state index contributed by atoms with van der Waals surface area (Å²) >= 11 is 0. The van der Waals surface area contributed by atoms with Crippen molar-refractivity contribution in [2.45, 2.75) is 33.7 Å². The normalized spacial score (nSPS) is 11.9. The van der Waals surface area contributed by atoms with E-state index in [1.807, 2.05) is 0 Å². The first-order chi connectivity index (χ1) is 14.7. The topological polar surface area (TPSA) is 100 Å². The molecule has 0 fully saturated rings. The van der Waals surface area contributed by atoms with Crippen LogP contribution in [0.2, 0.25) is 0 Å². The zero-order valence-electron chi connectivity index (χ0n) is 17.7. The molecule has 1 aromatic heterocycles. The van der Waals surface area contributed by atoms with Crippen LogP contribution >= 0.6 is 0 Å². The van der Waals surface area contributed by atoms with Crippen LogP contribution in [0.3, 0.4) is 0 Å². The largest absolute Gasteiger partial charge is 0.459 e. The van der Waals surface area contributed by atoms with Gasteiger partial charge in [-0.3, -0.25) is 14.4 Å². The minimum Gasteiger partial charge on any atom is -0.459 e. The number of fused-ring (bicyclic) bond motifs is 1. The zero-order chi connectivity index (χ0) is 22.7. The second-order valence-corrected chi connectivity index (χ2v) is 7.61. The van der Waals surface area contributed by atoms with E-state index in [-0.39, 0.29) is 17.6 Å². The highest BCUT2D eigenvalue weighted by molar-refractivity contribution is 6.39. The first-order valence-corrected chi connectivity index (χ1v) is 9.87. The monoisotopic (exact) mass is 425 g/mol. The zero-order valence-corrected chi connectivity index (χ0v) is 17.7. The molecule has 7 nitrogen and oxygen atoms in total. The molecule has 0 aliphatic heterocycles. The number of hydrogen-bond donors (Lipinski definition) is 3. The second-order valence-electron chi connectivity index (χ2n) is 7.61. The number of rotatable bonds is 5. The molecule has 0 saturated carbocycles. The molecule has 0 aliphatic carbocycles. The maximum Gasteiger partial charge on any atom is 0.313 e. The maximum absolute atomic E-state index is 13.5. The molecular weight excluding hydrogens is 401 g/mol. The fourth-order valence-electron chi connectivity index (χ4n) is 3.10. The summed E-state index contributed by atoms with van der Waals surface area (Å²) in [7, 11) is 0. The number of anilines is 2. The molecule has 3 amide bonds. The van der Waals surface area contributed by atoms with Gasteiger partial charge in [-0.25, -0.2) is 4.39 Å². The van der Waals surface area contributed by atoms with Crippen molar-refractivity contribution in [3.8, 4) is 0 Å². The molecule has 1 unspecified atom stereocenters. The Labute approximate surface area is 179 Å². The number of halogens is 1. The van der Waals surface area contributed by atoms with E-state index in [1.165, 1.54) is 18.2 Å². The summed E-state index contributed by atoms with van der Waals surface area (Å²) in [5, 5.41) is 8.44. The highest BCUT2D eigenvalue weighted by atomic mass is 19.1. The van der Waals surface area contributed by atoms with Crippen molar-refractivity contribution in [1.29, 1.82) is 0 Å². The lowest BCUT2D eigenvalue weighted by molar-refractivity contribution is -0.136. The van der Waals surface area contributed by atoms with E-state index in [1.54, 1.807) is 52.0 Å². The number of aryl methyl sites for hydroxylation is 1. The Morgan fingerprint density at radius 3 is 2.29 bits per heavy atom. The van der Waals surface area contributed by atoms with Gasteiger partial charge in [0.05, 0.1) is 6.04 Å². The molecule has 2 aromatic carbocycles. The van der Waals surface area contributed by atoms with E-state index in [0.29, 0.717) is 33.7 Å². The number of amides is 3. The number of carbonyl (C=O) groups is 3. The highest BCUT2D eigenvalue weighted by Crippen LogP contribution is 2.30. The molecule has 0 bridgehead atoms. The Balaban J connectivity index is 1.66. The van der Waals surface area contributed by atoms with Gasteiger partial charge < -0.3 is 20.4 Å². The third-order valence-corrected chi connectivity index (χ3v) is 4.79. The van der Waals surface area contributed by atoms with Crippen LogP contribution in [-0.4, -0.2) is 17.7 Å². The number of nitrogens with one attached hydrogen (secondary N) is 3. The molecule has 1 heterocycles. The van der Waals surface area contributed by atoms with Crippen molar-refractivity contribution in [1.82, 2.24) is 5.32 Å². The first kappa shape index (κ1) is 22.0. The van der Waals surface area contributed by atoms with Gasteiger partial charge in [-0.1, -0.05) is 19.9 Å². The lowest BCUT2D eigenvalue weighted by Crippen LogP contribution is -2.37. The predicted molar refractivity (Wildman–Crippen MR) is 116 cm³/mol. The van der Waals surface area contributed by atoms with Crippen molar-refractivity contribution in [2.75, 3.05) is 10.6 Å². The molecule has 3 rings (SSSR count). The van der Waals surface area contributed by atoms with Gasteiger partial charge >= 0.3 is 11.8 Å². The van der Waals surface area contributed by atoms with Crippen LogP contribution in [0.5, 0.6) is 0 Å². The van der Waals surface area contributed by atoms with Gasteiger partial charge in [0.25, 0.3) is 0 Å². The van der Waals surface area contributed by atoms with E-state index < -0.39 is 17.9 Å². The number of carbonyl (C=O) groups excluding carboxylic acids is 3. The summed E-state index contributed by atoms with van der Waals surface area (Å²) in [4.78, 5) is 36.5. The van der Waals surface area contributed by atoms with Crippen molar-refractivity contribution in [2.24, 2.45) is 5.92 Å². The van der Waals surface area contributed by atoms with Crippen LogP contribution in [0.15, 0.2) is 46.9 Å². The van der Waals surface area contributed by atoms with Crippen LogP contribution < -0.4 is 16.0 Å². The molecule has 0 radical (unpaired) electrons. The summed E-state index contributed by atoms with van der Waals surface area (Å²) in [6.45, 7) is 6.98. The molecule has 1 atom stereocenters. The van der Waals surface area contributed by atoms with Crippen LogP contribution in [0, 0.1) is 18.7 Å². The van der Waals surface area contributed by atoms with Crippen molar-refractivity contribution < 1.29 is 23.2 Å². The van der Waals surface area contributed by atoms with Gasteiger partial charge in [-0.15, -0.1) is 0 Å². The Hall–Kier alpha value is -3.68. The first-order valence-electron chi connectivity index (χ1n) is 9.87. The quantitative estimate of drug-likeness (QED) is 0.531. The standard InChI is InChI=1S/C23H24FN3O4/c1-12(2)21(28)26-16-6-5-7-17(11-16)27-23(30)22(29)25-14(4)20-13(3)18-10-15(24)8-9-19(18)31-20/h5-12,14H,1-4H3,(H,25,29)(H,26,28)(H,27,30). The Morgan fingerprint density at radius 1 is 0.935 bits per heavy atom. The fraction of sp³-hybridized carbons (Fsp3) is 0.261. The third kappa shape index (κ3) is 5.09. The van der Waals surface area contributed by atoms with Gasteiger partial charge in [0.1, 0.15) is 17.2 Å². The van der Waals surface area contributed by atoms with Crippen LogP contribution in [0.25, 0.3) is 11.0 Å². The maximum atomic E-state index is 13.5. The number of hydrogen-bond acceptors (Lipinski definition) is 4. The van der Waals surface area contributed by atoms with Crippen molar-refractivity contribution >= 4 is 40.1 Å². The summed E-state index contributed by atoms with van der Waals surface area (Å²) in [6, 6.07) is 10.1. The van der Waals surface area contributed by atoms with Crippen molar-refractivity contribution in [3.63, 3.8) is 0 Å². The van der Waals surface area contributed by atoms with Gasteiger partial charge in [0.15, 0.2) is 0 Å². The highest BCUT2D eigenvalue weighted by Gasteiger charge is 2.22. The van der Waals surface area contributed by atoms with Gasteiger partial charge in [0, 0.05) is 28.2 Å². The van der Waals surface area contributed by atoms with Gasteiger partial charge in [-0.2, -0.15) is 0 Å². The van der Waals surface area contributed by atoms with E-state index >= 15 is 0 Å². The molecule has 0 spiro atoms. The molecule has 0 saturated heterocycles. The van der Waals surface area contributed by atoms with Gasteiger partial charge in [-0.05, 0) is 50.2 Å². The molecule has 3 aromatic rings. The number of furan rings is 1. The minimum atomic E-state index is -0.862. The second kappa shape index (κ2) is 8.99. The average molecular weight is 425 g/mol. The van der Waals surface area contributed by atoms with Crippen molar-refractivity contribution in [3.05, 3.63) is 59.6 Å². The SMILES string of the molecule is Cc1c(C(C)NC(=O)C(=O)Nc2cccc(NC(=O)C(C)C)c2)oc2ccc(F)cc12. The Morgan fingerprint density at radius 2 is 1.61 bits per heavy atom. The van der Waals surface area contributed by atoms with Crippen LogP contribution in [0.4, 0.5) is 15.8 Å². The smallest absolute Gasteiger partial charge is 0.313 e. The Kier molecular flexibility index (Phi) is 6.39. The summed E-state index contributed by atoms with van der Waals surface area (Å²) in [6.07, 6.45) is 0. The van der Waals surface area contributed by atoms with E-state index in [4.69, 9.17) is 4.42 Å². The molecule has 31 heavy (non-hydrogen) atoms. The molecule has 162 valence electrons. The van der Waals surface area contributed by atoms with Crippen LogP contribution in [-0.2, 0) is 14.4 Å². The van der Waals surface area contributed by atoms with E-state index in [2.05, 4.69) is 16.0 Å². The molecule has 3 N–H and O–H groups in total. The average Bonchev–Trinajstić information content (AvgIpc) is 3.04. The number of benzene rings is 2. The summed E-state index contributed by atoms with van der Waals surface area (Å²) in [5.74, 6) is -2.00. The fourth-order valence-corrected chi connectivity index (χ4v) is 3.10. The third-order valence-electron chi connectivity index (χ3n) is 4.79. The van der Waals surface area contributed by atoms with E-state index in [9.17, 15) is 18.8 Å². The summed E-state index contributed by atoms with van der Waals surface area (Å²) < 4.78 is 19.2. The minimum absolute atomic E-state index is 0.156. The van der Waals surface area contributed by atoms with E-state index in [0.717, 1.165) is 0 Å². The predicted octanol–water partition coefficient (Wildman–Crippen LogP) is 4.29. The summed E-state index contributed by atoms with van der Waals surface area (Å²) in [5.41, 5.74) is 2.07. The lowest BCUT2D eigenvalue weighted by Gasteiger charge is -2.13. The molecular formula is C23H24FN3O4. The van der Waals surface area contributed by atoms with Crippen LogP contribution in [0.1, 0.15) is 38.1 Å². The Bertz CT molecular complexity index is 1150. The molecule has 8 heteroatoms. The molecule has 0 aliphatic rings. The van der Waals surface area contributed by atoms with Gasteiger partial charge in [0.2, 0.25) is 5.91 Å². The lowest BCUT2D eigenvalue weighted by atomic mass is 10.1.